The van der Waals surface area contributed by atoms with Crippen molar-refractivity contribution < 1.29 is 17.9 Å². The number of nitrogens with zero attached hydrogens (tertiary/aromatic N) is 2. The van der Waals surface area contributed by atoms with E-state index in [2.05, 4.69) is 10.2 Å². The van der Waals surface area contributed by atoms with E-state index in [0.29, 0.717) is 29.0 Å². The normalized spacial score (nSPS) is 14.4. The van der Waals surface area contributed by atoms with Gasteiger partial charge in [-0.2, -0.15) is 5.10 Å². The van der Waals surface area contributed by atoms with Crippen LogP contribution < -0.4 is 4.74 Å². The summed E-state index contributed by atoms with van der Waals surface area (Å²) in [4.78, 5) is 0. The molecular formula is C22H18ClF3N2O. The number of halogens is 4. The Kier molecular flexibility index (Phi) is 5.46. The quantitative estimate of drug-likeness (QED) is 0.484. The minimum Gasteiger partial charge on any atom is -0.490 e. The van der Waals surface area contributed by atoms with Crippen molar-refractivity contribution in [1.82, 2.24) is 10.2 Å². The number of hydrogen-bond donors (Lipinski definition) is 0. The first-order chi connectivity index (χ1) is 13.9. The van der Waals surface area contributed by atoms with E-state index in [1.807, 2.05) is 12.1 Å². The van der Waals surface area contributed by atoms with Crippen LogP contribution in [0.3, 0.4) is 0 Å². The molecule has 150 valence electrons. The monoisotopic (exact) mass is 418 g/mol. The molecule has 0 saturated heterocycles. The van der Waals surface area contributed by atoms with Crippen LogP contribution >= 0.6 is 11.6 Å². The maximum Gasteiger partial charge on any atom is 0.160 e. The first kappa shape index (κ1) is 19.7. The van der Waals surface area contributed by atoms with E-state index in [-0.39, 0.29) is 16.8 Å². The van der Waals surface area contributed by atoms with E-state index in [0.717, 1.165) is 18.6 Å². The van der Waals surface area contributed by atoms with Crippen LogP contribution in [0.1, 0.15) is 31.4 Å². The van der Waals surface area contributed by atoms with Crippen LogP contribution in [-0.4, -0.2) is 16.3 Å². The summed E-state index contributed by atoms with van der Waals surface area (Å²) in [6, 6.07) is 8.42. The van der Waals surface area contributed by atoms with Crippen LogP contribution in [0.4, 0.5) is 13.2 Å². The lowest BCUT2D eigenvalue weighted by Crippen LogP contribution is -2.10. The van der Waals surface area contributed by atoms with Gasteiger partial charge >= 0.3 is 0 Å². The highest BCUT2D eigenvalue weighted by molar-refractivity contribution is 6.32. The standard InChI is InChI=1S/C22H18ClF3N2O/c1-12-19(13-6-8-16(9-7-13)29-15-4-2-3-5-15)21(22(23)28-27-12)20-17(25)10-14(24)11-18(20)26/h6-11,15H,2-5H2,1H3. The molecule has 1 heterocycles. The molecule has 3 aromatic rings. The van der Waals surface area contributed by atoms with Crippen LogP contribution in [0, 0.1) is 24.4 Å². The minimum atomic E-state index is -1.06. The summed E-state index contributed by atoms with van der Waals surface area (Å²) in [6.45, 7) is 1.67. The maximum absolute atomic E-state index is 14.5. The van der Waals surface area contributed by atoms with Crippen LogP contribution in [0.2, 0.25) is 5.15 Å². The smallest absolute Gasteiger partial charge is 0.160 e. The van der Waals surface area contributed by atoms with Gasteiger partial charge in [-0.15, -0.1) is 5.10 Å². The molecule has 0 unspecified atom stereocenters. The lowest BCUT2D eigenvalue weighted by Gasteiger charge is -2.16. The zero-order chi connectivity index (χ0) is 20.5. The van der Waals surface area contributed by atoms with Gasteiger partial charge in [0.1, 0.15) is 23.2 Å². The van der Waals surface area contributed by atoms with E-state index < -0.39 is 23.0 Å². The first-order valence-corrected chi connectivity index (χ1v) is 9.76. The average molecular weight is 419 g/mol. The fraction of sp³-hybridized carbons (Fsp3) is 0.273. The topological polar surface area (TPSA) is 35.0 Å². The van der Waals surface area contributed by atoms with E-state index >= 15 is 0 Å². The van der Waals surface area contributed by atoms with Crippen molar-refractivity contribution in [2.75, 3.05) is 0 Å². The van der Waals surface area contributed by atoms with Gasteiger partial charge in [-0.05, 0) is 50.3 Å². The second-order valence-electron chi connectivity index (χ2n) is 7.12. The van der Waals surface area contributed by atoms with Crippen molar-refractivity contribution >= 4 is 11.6 Å². The Hall–Kier alpha value is -2.60. The van der Waals surface area contributed by atoms with Gasteiger partial charge in [-0.25, -0.2) is 13.2 Å². The number of rotatable bonds is 4. The number of aromatic nitrogens is 2. The summed E-state index contributed by atoms with van der Waals surface area (Å²) in [5.74, 6) is -2.39. The third kappa shape index (κ3) is 3.94. The van der Waals surface area contributed by atoms with Crippen molar-refractivity contribution in [3.63, 3.8) is 0 Å². The maximum atomic E-state index is 14.5. The fourth-order valence-corrected chi connectivity index (χ4v) is 3.99. The number of hydrogen-bond acceptors (Lipinski definition) is 3. The van der Waals surface area contributed by atoms with E-state index in [1.54, 1.807) is 19.1 Å². The molecule has 1 aliphatic rings. The number of ether oxygens (including phenoxy) is 1. The summed E-state index contributed by atoms with van der Waals surface area (Å²) in [7, 11) is 0. The lowest BCUT2D eigenvalue weighted by molar-refractivity contribution is 0.210. The molecule has 1 aromatic heterocycles. The van der Waals surface area contributed by atoms with E-state index in [9.17, 15) is 13.2 Å². The second kappa shape index (κ2) is 8.03. The number of benzene rings is 2. The molecule has 0 N–H and O–H groups in total. The summed E-state index contributed by atoms with van der Waals surface area (Å²) >= 11 is 6.19. The van der Waals surface area contributed by atoms with E-state index in [1.165, 1.54) is 12.8 Å². The molecule has 3 nitrogen and oxygen atoms in total. The van der Waals surface area contributed by atoms with Gasteiger partial charge in [-0.1, -0.05) is 23.7 Å². The molecule has 1 fully saturated rings. The van der Waals surface area contributed by atoms with Gasteiger partial charge in [0.25, 0.3) is 0 Å². The first-order valence-electron chi connectivity index (χ1n) is 9.39. The summed E-state index contributed by atoms with van der Waals surface area (Å²) < 4.78 is 48.3. The van der Waals surface area contributed by atoms with Gasteiger partial charge in [0.05, 0.1) is 17.4 Å². The Morgan fingerprint density at radius 1 is 0.897 bits per heavy atom. The molecular weight excluding hydrogens is 401 g/mol. The summed E-state index contributed by atoms with van der Waals surface area (Å²) in [5, 5.41) is 7.62. The molecule has 0 aliphatic heterocycles. The molecule has 29 heavy (non-hydrogen) atoms. The Balaban J connectivity index is 1.80. The highest BCUT2D eigenvalue weighted by Gasteiger charge is 2.24. The molecule has 0 atom stereocenters. The Morgan fingerprint density at radius 2 is 1.52 bits per heavy atom. The zero-order valence-corrected chi connectivity index (χ0v) is 16.4. The Labute approximate surface area is 171 Å². The van der Waals surface area contributed by atoms with Gasteiger partial charge in [-0.3, -0.25) is 0 Å². The second-order valence-corrected chi connectivity index (χ2v) is 7.48. The van der Waals surface area contributed by atoms with Crippen molar-refractivity contribution in [3.8, 4) is 28.0 Å². The molecule has 1 saturated carbocycles. The van der Waals surface area contributed by atoms with Crippen LogP contribution in [0.25, 0.3) is 22.3 Å². The average Bonchev–Trinajstić information content (AvgIpc) is 3.18. The van der Waals surface area contributed by atoms with E-state index in [4.69, 9.17) is 16.3 Å². The molecule has 0 bridgehead atoms. The molecule has 0 spiro atoms. The minimum absolute atomic E-state index is 0.0404. The van der Waals surface area contributed by atoms with Crippen LogP contribution in [0.15, 0.2) is 36.4 Å². The molecule has 2 aromatic carbocycles. The lowest BCUT2D eigenvalue weighted by atomic mass is 9.94. The Morgan fingerprint density at radius 3 is 2.14 bits per heavy atom. The van der Waals surface area contributed by atoms with Crippen LogP contribution in [0.5, 0.6) is 5.75 Å². The van der Waals surface area contributed by atoms with Gasteiger partial charge in [0, 0.05) is 23.3 Å². The number of aryl methyl sites for hydroxylation is 1. The summed E-state index contributed by atoms with van der Waals surface area (Å²) in [5.41, 5.74) is 1.13. The van der Waals surface area contributed by atoms with Crippen molar-refractivity contribution in [2.24, 2.45) is 0 Å². The van der Waals surface area contributed by atoms with Gasteiger partial charge in [0.15, 0.2) is 5.15 Å². The molecule has 1 aliphatic carbocycles. The van der Waals surface area contributed by atoms with Crippen molar-refractivity contribution in [1.29, 1.82) is 0 Å². The molecule has 4 rings (SSSR count). The third-order valence-electron chi connectivity index (χ3n) is 5.11. The van der Waals surface area contributed by atoms with Gasteiger partial charge < -0.3 is 4.74 Å². The summed E-state index contributed by atoms with van der Waals surface area (Å²) in [6.07, 6.45) is 4.64. The predicted molar refractivity (Wildman–Crippen MR) is 105 cm³/mol. The zero-order valence-electron chi connectivity index (χ0n) is 15.7. The fourth-order valence-electron chi connectivity index (χ4n) is 3.76. The predicted octanol–water partition coefficient (Wildman–Crippen LogP) is 6.51. The highest BCUT2D eigenvalue weighted by Crippen LogP contribution is 2.41. The Bertz CT molecular complexity index is 1030. The molecule has 7 heteroatoms. The highest BCUT2D eigenvalue weighted by atomic mass is 35.5. The van der Waals surface area contributed by atoms with Crippen LogP contribution in [-0.2, 0) is 0 Å². The van der Waals surface area contributed by atoms with Crippen molar-refractivity contribution in [3.05, 3.63) is 64.7 Å². The largest absolute Gasteiger partial charge is 0.490 e. The molecule has 0 amide bonds. The van der Waals surface area contributed by atoms with Gasteiger partial charge in [0.2, 0.25) is 0 Å². The molecule has 0 radical (unpaired) electrons. The third-order valence-corrected chi connectivity index (χ3v) is 5.38. The SMILES string of the molecule is Cc1nnc(Cl)c(-c2c(F)cc(F)cc2F)c1-c1ccc(OC2CCCC2)cc1. The van der Waals surface area contributed by atoms with Crippen molar-refractivity contribution in [2.45, 2.75) is 38.7 Å².